The Labute approximate surface area is 198 Å². The van der Waals surface area contributed by atoms with Crippen LogP contribution in [-0.4, -0.2) is 11.6 Å². The summed E-state index contributed by atoms with van der Waals surface area (Å²) in [5.41, 5.74) is 12.7. The molecule has 0 heterocycles. The number of azo groups is 1. The van der Waals surface area contributed by atoms with Crippen LogP contribution >= 0.6 is 0 Å². The van der Waals surface area contributed by atoms with Crippen molar-refractivity contribution in [2.75, 3.05) is 0 Å². The SMILES string of the molecule is CC(=O)c1ccc2c(c1)Cc1cc(N=Nc3ccc4c(c3)Cc3cc(C(C)=O)ccc3-4)ccc1-2. The molecule has 0 spiro atoms. The number of rotatable bonds is 4. The van der Waals surface area contributed by atoms with Crippen molar-refractivity contribution in [3.05, 3.63) is 106 Å². The molecule has 2 aliphatic carbocycles. The summed E-state index contributed by atoms with van der Waals surface area (Å²) in [5.74, 6) is 0.176. The highest BCUT2D eigenvalue weighted by Gasteiger charge is 2.21. The molecule has 34 heavy (non-hydrogen) atoms. The molecular formula is C30H22N2O2. The summed E-state index contributed by atoms with van der Waals surface area (Å²) in [5, 5.41) is 9.00. The summed E-state index contributed by atoms with van der Waals surface area (Å²) in [6.45, 7) is 3.20. The van der Waals surface area contributed by atoms with Gasteiger partial charge in [0.2, 0.25) is 0 Å². The predicted octanol–water partition coefficient (Wildman–Crippen LogP) is 7.65. The zero-order chi connectivity index (χ0) is 23.4. The van der Waals surface area contributed by atoms with Crippen LogP contribution in [0, 0.1) is 0 Å². The average molecular weight is 443 g/mol. The molecule has 0 amide bonds. The van der Waals surface area contributed by atoms with Crippen LogP contribution < -0.4 is 0 Å². The standard InChI is InChI=1S/C30H22N2O2/c1-17(33)19-3-7-27-21(11-19)13-23-15-25(5-9-29(23)27)31-32-26-6-10-30-24(16-26)14-22-12-20(18(2)34)4-8-28(22)30/h3-12,15-16H,13-14H2,1-2H3. The van der Waals surface area contributed by atoms with Crippen molar-refractivity contribution in [1.82, 2.24) is 0 Å². The summed E-state index contributed by atoms with van der Waals surface area (Å²) in [7, 11) is 0. The molecule has 4 nitrogen and oxygen atoms in total. The highest BCUT2D eigenvalue weighted by molar-refractivity contribution is 5.96. The van der Waals surface area contributed by atoms with E-state index in [1.54, 1.807) is 13.8 Å². The molecule has 164 valence electrons. The van der Waals surface area contributed by atoms with Crippen LogP contribution in [-0.2, 0) is 12.8 Å². The van der Waals surface area contributed by atoms with Crippen LogP contribution in [0.4, 0.5) is 11.4 Å². The van der Waals surface area contributed by atoms with Gasteiger partial charge < -0.3 is 0 Å². The number of carbonyl (C=O) groups excluding carboxylic acids is 2. The molecule has 0 fully saturated rings. The molecule has 0 aliphatic heterocycles. The van der Waals surface area contributed by atoms with E-state index in [0.29, 0.717) is 0 Å². The number of hydrogen-bond donors (Lipinski definition) is 0. The Morgan fingerprint density at radius 1 is 0.529 bits per heavy atom. The van der Waals surface area contributed by atoms with Crippen molar-refractivity contribution in [3.63, 3.8) is 0 Å². The van der Waals surface area contributed by atoms with E-state index in [2.05, 4.69) is 34.5 Å². The molecule has 2 aliphatic rings. The highest BCUT2D eigenvalue weighted by atomic mass is 16.1. The molecule has 0 aromatic heterocycles. The van der Waals surface area contributed by atoms with E-state index in [0.717, 1.165) is 35.3 Å². The van der Waals surface area contributed by atoms with Gasteiger partial charge in [0.1, 0.15) is 0 Å². The van der Waals surface area contributed by atoms with Gasteiger partial charge in [-0.2, -0.15) is 10.2 Å². The van der Waals surface area contributed by atoms with Crippen LogP contribution in [0.25, 0.3) is 22.3 Å². The second kappa shape index (κ2) is 7.70. The number of hydrogen-bond acceptors (Lipinski definition) is 4. The minimum absolute atomic E-state index is 0.0879. The van der Waals surface area contributed by atoms with Gasteiger partial charge >= 0.3 is 0 Å². The molecule has 4 aromatic rings. The van der Waals surface area contributed by atoms with Gasteiger partial charge in [0.15, 0.2) is 11.6 Å². The van der Waals surface area contributed by atoms with E-state index in [9.17, 15) is 9.59 Å². The maximum absolute atomic E-state index is 11.7. The minimum Gasteiger partial charge on any atom is -0.295 e. The molecule has 4 aromatic carbocycles. The molecule has 4 heteroatoms. The maximum Gasteiger partial charge on any atom is 0.159 e. The fraction of sp³-hybridized carbons (Fsp3) is 0.133. The number of benzene rings is 4. The van der Waals surface area contributed by atoms with E-state index in [1.807, 2.05) is 48.5 Å². The number of Topliss-reactive ketones (excluding diaryl/α,β-unsaturated/α-hetero) is 2. The topological polar surface area (TPSA) is 58.9 Å². The zero-order valence-electron chi connectivity index (χ0n) is 19.1. The molecular weight excluding hydrogens is 420 g/mol. The van der Waals surface area contributed by atoms with Gasteiger partial charge in [0, 0.05) is 11.1 Å². The summed E-state index contributed by atoms with van der Waals surface area (Å²) in [6, 6.07) is 24.2. The van der Waals surface area contributed by atoms with Crippen molar-refractivity contribution < 1.29 is 9.59 Å². The Morgan fingerprint density at radius 3 is 1.26 bits per heavy atom. The maximum atomic E-state index is 11.7. The molecule has 0 saturated carbocycles. The predicted molar refractivity (Wildman–Crippen MR) is 134 cm³/mol. The third kappa shape index (κ3) is 3.39. The first-order valence-electron chi connectivity index (χ1n) is 11.4. The summed E-state index contributed by atoms with van der Waals surface area (Å²) < 4.78 is 0. The smallest absolute Gasteiger partial charge is 0.159 e. The Balaban J connectivity index is 1.24. The number of carbonyl (C=O) groups is 2. The largest absolute Gasteiger partial charge is 0.295 e. The van der Waals surface area contributed by atoms with E-state index < -0.39 is 0 Å². The van der Waals surface area contributed by atoms with E-state index >= 15 is 0 Å². The van der Waals surface area contributed by atoms with Gasteiger partial charge in [-0.3, -0.25) is 9.59 Å². The lowest BCUT2D eigenvalue weighted by atomic mass is 10.0. The van der Waals surface area contributed by atoms with Crippen molar-refractivity contribution in [2.24, 2.45) is 10.2 Å². The van der Waals surface area contributed by atoms with Gasteiger partial charge in [-0.15, -0.1) is 0 Å². The summed E-state index contributed by atoms with van der Waals surface area (Å²) in [4.78, 5) is 23.5. The monoisotopic (exact) mass is 442 g/mol. The Morgan fingerprint density at radius 2 is 0.882 bits per heavy atom. The van der Waals surface area contributed by atoms with Crippen LogP contribution in [0.15, 0.2) is 83.0 Å². The van der Waals surface area contributed by atoms with Gasteiger partial charge in [-0.25, -0.2) is 0 Å². The molecule has 6 rings (SSSR count). The molecule has 0 bridgehead atoms. The minimum atomic E-state index is 0.0879. The second-order valence-corrected chi connectivity index (χ2v) is 9.09. The first-order valence-corrected chi connectivity index (χ1v) is 11.4. The number of nitrogens with zero attached hydrogens (tertiary/aromatic N) is 2. The van der Waals surface area contributed by atoms with Crippen molar-refractivity contribution in [2.45, 2.75) is 26.7 Å². The lowest BCUT2D eigenvalue weighted by Gasteiger charge is -2.03. The van der Waals surface area contributed by atoms with Gasteiger partial charge in [0.05, 0.1) is 11.4 Å². The molecule has 0 radical (unpaired) electrons. The number of ketones is 2. The van der Waals surface area contributed by atoms with E-state index in [1.165, 1.54) is 44.5 Å². The Kier molecular flexibility index (Phi) is 4.63. The molecule has 0 saturated heterocycles. The molecule has 0 atom stereocenters. The fourth-order valence-electron chi connectivity index (χ4n) is 5.07. The van der Waals surface area contributed by atoms with E-state index in [4.69, 9.17) is 0 Å². The van der Waals surface area contributed by atoms with Crippen molar-refractivity contribution in [1.29, 1.82) is 0 Å². The Bertz CT molecular complexity index is 1450. The van der Waals surface area contributed by atoms with Gasteiger partial charge in [0.25, 0.3) is 0 Å². The lowest BCUT2D eigenvalue weighted by molar-refractivity contribution is 0.100. The van der Waals surface area contributed by atoms with Crippen LogP contribution in [0.1, 0.15) is 56.8 Å². The quantitative estimate of drug-likeness (QED) is 0.208. The van der Waals surface area contributed by atoms with Gasteiger partial charge in [-0.05, 0) is 108 Å². The third-order valence-corrected chi connectivity index (χ3v) is 6.82. The second-order valence-electron chi connectivity index (χ2n) is 9.09. The van der Waals surface area contributed by atoms with Crippen LogP contribution in [0.3, 0.4) is 0 Å². The van der Waals surface area contributed by atoms with Crippen molar-refractivity contribution >= 4 is 22.9 Å². The van der Waals surface area contributed by atoms with E-state index in [-0.39, 0.29) is 11.6 Å². The molecule has 0 unspecified atom stereocenters. The summed E-state index contributed by atoms with van der Waals surface area (Å²) in [6.07, 6.45) is 1.60. The van der Waals surface area contributed by atoms with Crippen molar-refractivity contribution in [3.8, 4) is 22.3 Å². The zero-order valence-corrected chi connectivity index (χ0v) is 19.1. The number of fused-ring (bicyclic) bond motifs is 6. The first-order chi connectivity index (χ1) is 16.5. The lowest BCUT2D eigenvalue weighted by Crippen LogP contribution is -1.93. The van der Waals surface area contributed by atoms with Crippen LogP contribution in [0.5, 0.6) is 0 Å². The third-order valence-electron chi connectivity index (χ3n) is 6.82. The highest BCUT2D eigenvalue weighted by Crippen LogP contribution is 2.41. The normalized spacial score (nSPS) is 12.9. The average Bonchev–Trinajstić information content (AvgIpc) is 3.38. The fourth-order valence-corrected chi connectivity index (χ4v) is 5.07. The first kappa shape index (κ1) is 20.4. The summed E-state index contributed by atoms with van der Waals surface area (Å²) >= 11 is 0. The van der Waals surface area contributed by atoms with Crippen LogP contribution in [0.2, 0.25) is 0 Å². The Hall–Kier alpha value is -4.18. The molecule has 0 N–H and O–H groups in total. The van der Waals surface area contributed by atoms with Gasteiger partial charge in [-0.1, -0.05) is 36.4 Å².